The van der Waals surface area contributed by atoms with E-state index in [-0.39, 0.29) is 6.23 Å². The van der Waals surface area contributed by atoms with Gasteiger partial charge < -0.3 is 10.1 Å². The molecule has 0 amide bonds. The summed E-state index contributed by atoms with van der Waals surface area (Å²) in [6, 6.07) is 0. The minimum absolute atomic E-state index is 0.176. The fourth-order valence-corrected chi connectivity index (χ4v) is 1.01. The monoisotopic (exact) mass is 112 g/mol. The topological polar surface area (TPSA) is 33.3 Å². The van der Waals surface area contributed by atoms with Crippen molar-refractivity contribution in [2.45, 2.75) is 6.23 Å². The standard InChI is InChI=1S/C5H8N2O/c1-2-8-5-4(1)6-3-7-5/h1,5-7H,2-3H2. The van der Waals surface area contributed by atoms with Crippen LogP contribution < -0.4 is 10.6 Å². The van der Waals surface area contributed by atoms with Crippen molar-refractivity contribution in [3.63, 3.8) is 0 Å². The Labute approximate surface area is 47.7 Å². The summed E-state index contributed by atoms with van der Waals surface area (Å²) in [6.07, 6.45) is 2.24. The van der Waals surface area contributed by atoms with Crippen molar-refractivity contribution in [2.75, 3.05) is 13.3 Å². The van der Waals surface area contributed by atoms with Gasteiger partial charge in [0.25, 0.3) is 0 Å². The second-order valence-corrected chi connectivity index (χ2v) is 1.93. The first kappa shape index (κ1) is 4.35. The molecular formula is C5H8N2O. The third kappa shape index (κ3) is 0.454. The van der Waals surface area contributed by atoms with Crippen LogP contribution in [0.2, 0.25) is 0 Å². The van der Waals surface area contributed by atoms with Gasteiger partial charge in [-0.1, -0.05) is 0 Å². The van der Waals surface area contributed by atoms with E-state index in [2.05, 4.69) is 16.7 Å². The molecule has 0 aromatic heterocycles. The second kappa shape index (κ2) is 1.47. The summed E-state index contributed by atoms with van der Waals surface area (Å²) in [5.41, 5.74) is 1.20. The summed E-state index contributed by atoms with van der Waals surface area (Å²) < 4.78 is 5.21. The minimum atomic E-state index is 0.176. The fourth-order valence-electron chi connectivity index (χ4n) is 1.01. The van der Waals surface area contributed by atoms with Crippen LogP contribution in [0, 0.1) is 0 Å². The normalized spacial score (nSPS) is 34.0. The molecule has 0 aromatic rings. The molecule has 0 spiro atoms. The van der Waals surface area contributed by atoms with Crippen LogP contribution in [0.1, 0.15) is 0 Å². The summed E-state index contributed by atoms with van der Waals surface area (Å²) >= 11 is 0. The van der Waals surface area contributed by atoms with E-state index in [1.165, 1.54) is 5.70 Å². The van der Waals surface area contributed by atoms with Crippen LogP contribution >= 0.6 is 0 Å². The van der Waals surface area contributed by atoms with Gasteiger partial charge in [0, 0.05) is 0 Å². The Morgan fingerprint density at radius 1 is 1.75 bits per heavy atom. The first-order valence-electron chi connectivity index (χ1n) is 2.76. The van der Waals surface area contributed by atoms with Crippen molar-refractivity contribution in [1.82, 2.24) is 10.6 Å². The van der Waals surface area contributed by atoms with E-state index in [1.54, 1.807) is 0 Å². The van der Waals surface area contributed by atoms with Crippen molar-refractivity contribution in [2.24, 2.45) is 0 Å². The molecule has 44 valence electrons. The average molecular weight is 112 g/mol. The maximum Gasteiger partial charge on any atom is 0.150 e. The van der Waals surface area contributed by atoms with Gasteiger partial charge in [0.15, 0.2) is 0 Å². The fraction of sp³-hybridized carbons (Fsp3) is 0.600. The molecule has 2 heterocycles. The largest absolute Gasteiger partial charge is 0.373 e. The molecule has 3 heteroatoms. The number of ether oxygens (including phenoxy) is 1. The average Bonchev–Trinajstić information content (AvgIpc) is 2.15. The van der Waals surface area contributed by atoms with Crippen LogP contribution in [0.25, 0.3) is 0 Å². The molecule has 0 bridgehead atoms. The van der Waals surface area contributed by atoms with Gasteiger partial charge in [0.1, 0.15) is 6.23 Å². The lowest BCUT2D eigenvalue weighted by Gasteiger charge is -2.01. The van der Waals surface area contributed by atoms with Crippen molar-refractivity contribution in [1.29, 1.82) is 0 Å². The number of fused-ring (bicyclic) bond motifs is 1. The van der Waals surface area contributed by atoms with Gasteiger partial charge in [-0.2, -0.15) is 0 Å². The van der Waals surface area contributed by atoms with Crippen molar-refractivity contribution in [3.05, 3.63) is 11.8 Å². The molecule has 2 N–H and O–H groups in total. The Hall–Kier alpha value is -0.540. The first-order valence-corrected chi connectivity index (χ1v) is 2.76. The Morgan fingerprint density at radius 3 is 3.62 bits per heavy atom. The Bertz CT molecular complexity index is 132. The zero-order chi connectivity index (χ0) is 5.40. The molecule has 0 aliphatic carbocycles. The van der Waals surface area contributed by atoms with Gasteiger partial charge in [-0.15, -0.1) is 0 Å². The van der Waals surface area contributed by atoms with E-state index in [0.29, 0.717) is 0 Å². The molecule has 1 unspecified atom stereocenters. The lowest BCUT2D eigenvalue weighted by atomic mass is 10.4. The highest BCUT2D eigenvalue weighted by Gasteiger charge is 2.23. The van der Waals surface area contributed by atoms with E-state index in [1.807, 2.05) is 0 Å². The highest BCUT2D eigenvalue weighted by Crippen LogP contribution is 2.11. The van der Waals surface area contributed by atoms with Gasteiger partial charge in [0.2, 0.25) is 0 Å². The van der Waals surface area contributed by atoms with Crippen LogP contribution in [0.15, 0.2) is 11.8 Å². The molecule has 0 aromatic carbocycles. The summed E-state index contributed by atoms with van der Waals surface area (Å²) in [5.74, 6) is 0. The zero-order valence-corrected chi connectivity index (χ0v) is 4.48. The molecule has 2 rings (SSSR count). The second-order valence-electron chi connectivity index (χ2n) is 1.93. The molecule has 2 aliphatic rings. The van der Waals surface area contributed by atoms with Gasteiger partial charge in [-0.05, 0) is 6.08 Å². The Balaban J connectivity index is 2.20. The molecule has 8 heavy (non-hydrogen) atoms. The number of rotatable bonds is 0. The van der Waals surface area contributed by atoms with E-state index >= 15 is 0 Å². The summed E-state index contributed by atoms with van der Waals surface area (Å²) in [5, 5.41) is 6.26. The minimum Gasteiger partial charge on any atom is -0.373 e. The quantitative estimate of drug-likeness (QED) is 0.438. The smallest absolute Gasteiger partial charge is 0.150 e. The molecule has 0 saturated carbocycles. The summed E-state index contributed by atoms with van der Waals surface area (Å²) in [4.78, 5) is 0. The molecule has 1 fully saturated rings. The van der Waals surface area contributed by atoms with E-state index in [9.17, 15) is 0 Å². The van der Waals surface area contributed by atoms with Crippen molar-refractivity contribution >= 4 is 0 Å². The summed E-state index contributed by atoms with van der Waals surface area (Å²) in [7, 11) is 0. The Morgan fingerprint density at radius 2 is 2.75 bits per heavy atom. The highest BCUT2D eigenvalue weighted by atomic mass is 16.5. The third-order valence-electron chi connectivity index (χ3n) is 1.43. The Kier molecular flexibility index (Phi) is 0.797. The van der Waals surface area contributed by atoms with Gasteiger partial charge in [-0.3, -0.25) is 5.32 Å². The molecule has 2 aliphatic heterocycles. The summed E-state index contributed by atoms with van der Waals surface area (Å²) in [6.45, 7) is 1.59. The van der Waals surface area contributed by atoms with Crippen LogP contribution in [-0.2, 0) is 4.74 Å². The lowest BCUT2D eigenvalue weighted by molar-refractivity contribution is 0.108. The molecule has 1 saturated heterocycles. The maximum absolute atomic E-state index is 5.21. The van der Waals surface area contributed by atoms with Crippen LogP contribution in [-0.4, -0.2) is 19.5 Å². The zero-order valence-electron chi connectivity index (χ0n) is 4.48. The lowest BCUT2D eigenvalue weighted by Crippen LogP contribution is -2.22. The van der Waals surface area contributed by atoms with Crippen LogP contribution in [0.5, 0.6) is 0 Å². The SMILES string of the molecule is C1=C2NCNC2OC1. The molecule has 1 atom stereocenters. The highest BCUT2D eigenvalue weighted by molar-refractivity contribution is 5.13. The van der Waals surface area contributed by atoms with Crippen molar-refractivity contribution < 1.29 is 4.74 Å². The van der Waals surface area contributed by atoms with Gasteiger partial charge in [0.05, 0.1) is 19.0 Å². The van der Waals surface area contributed by atoms with Gasteiger partial charge in [-0.25, -0.2) is 0 Å². The first-order chi connectivity index (χ1) is 3.97. The number of hydrogen-bond acceptors (Lipinski definition) is 3. The molecular weight excluding hydrogens is 104 g/mol. The van der Waals surface area contributed by atoms with E-state index in [4.69, 9.17) is 4.74 Å². The predicted molar refractivity (Wildman–Crippen MR) is 29.0 cm³/mol. The maximum atomic E-state index is 5.21. The predicted octanol–water partition coefficient (Wildman–Crippen LogP) is -0.623. The van der Waals surface area contributed by atoms with E-state index in [0.717, 1.165) is 13.3 Å². The van der Waals surface area contributed by atoms with E-state index < -0.39 is 0 Å². The number of nitrogens with one attached hydrogen (secondary N) is 2. The third-order valence-corrected chi connectivity index (χ3v) is 1.43. The van der Waals surface area contributed by atoms with Crippen LogP contribution in [0.3, 0.4) is 0 Å². The van der Waals surface area contributed by atoms with Crippen molar-refractivity contribution in [3.8, 4) is 0 Å². The van der Waals surface area contributed by atoms with Crippen LogP contribution in [0.4, 0.5) is 0 Å². The molecule has 3 nitrogen and oxygen atoms in total. The molecule has 0 radical (unpaired) electrons. The number of hydrogen-bond donors (Lipinski definition) is 2. The van der Waals surface area contributed by atoms with Gasteiger partial charge >= 0.3 is 0 Å².